The molecule has 0 spiro atoms. The van der Waals surface area contributed by atoms with Gasteiger partial charge in [0.25, 0.3) is 10.0 Å². The summed E-state index contributed by atoms with van der Waals surface area (Å²) < 4.78 is 37.4. The Labute approximate surface area is 137 Å². The van der Waals surface area contributed by atoms with Gasteiger partial charge in [-0.2, -0.15) is 0 Å². The third-order valence-corrected chi connectivity index (χ3v) is 5.65. The molecule has 0 aliphatic rings. The van der Waals surface area contributed by atoms with E-state index in [0.717, 1.165) is 11.1 Å². The lowest BCUT2D eigenvalue weighted by Gasteiger charge is -2.22. The zero-order chi connectivity index (χ0) is 17.2. The zero-order valence-corrected chi connectivity index (χ0v) is 14.8. The fourth-order valence-electron chi connectivity index (χ4n) is 2.40. The van der Waals surface area contributed by atoms with Crippen LogP contribution < -0.4 is 13.8 Å². The standard InChI is InChI=1S/C17H21NO4S/c1-12-6-9-17(13(2)10-12)23(19,20)18(3)14-7-8-15(21-4)16(11-14)22-5/h6-11H,1-5H3. The molecular weight excluding hydrogens is 314 g/mol. The highest BCUT2D eigenvalue weighted by Gasteiger charge is 2.24. The molecule has 2 rings (SSSR count). The maximum absolute atomic E-state index is 12.9. The van der Waals surface area contributed by atoms with E-state index in [1.165, 1.54) is 25.6 Å². The van der Waals surface area contributed by atoms with E-state index in [1.807, 2.05) is 13.0 Å². The molecule has 124 valence electrons. The molecular formula is C17H21NO4S. The van der Waals surface area contributed by atoms with Gasteiger partial charge in [0.05, 0.1) is 24.8 Å². The fourth-order valence-corrected chi connectivity index (χ4v) is 3.79. The van der Waals surface area contributed by atoms with Crippen LogP contribution in [0.15, 0.2) is 41.3 Å². The minimum Gasteiger partial charge on any atom is -0.493 e. The fraction of sp³-hybridized carbons (Fsp3) is 0.294. The monoisotopic (exact) mass is 335 g/mol. The number of anilines is 1. The third kappa shape index (κ3) is 3.27. The van der Waals surface area contributed by atoms with Gasteiger partial charge in [-0.15, -0.1) is 0 Å². The number of hydrogen-bond acceptors (Lipinski definition) is 4. The van der Waals surface area contributed by atoms with Gasteiger partial charge in [-0.3, -0.25) is 4.31 Å². The van der Waals surface area contributed by atoms with Crippen LogP contribution in [0, 0.1) is 13.8 Å². The normalized spacial score (nSPS) is 11.2. The predicted molar refractivity (Wildman–Crippen MR) is 91.1 cm³/mol. The Hall–Kier alpha value is -2.21. The first-order chi connectivity index (χ1) is 10.8. The van der Waals surface area contributed by atoms with Gasteiger partial charge in [0.15, 0.2) is 11.5 Å². The number of ether oxygens (including phenoxy) is 2. The van der Waals surface area contributed by atoms with Crippen LogP contribution in [0.1, 0.15) is 11.1 Å². The van der Waals surface area contributed by atoms with E-state index in [1.54, 1.807) is 37.3 Å². The summed E-state index contributed by atoms with van der Waals surface area (Å²) in [6, 6.07) is 10.3. The van der Waals surface area contributed by atoms with Crippen molar-refractivity contribution in [3.05, 3.63) is 47.5 Å². The molecule has 2 aromatic rings. The molecule has 0 N–H and O–H groups in total. The van der Waals surface area contributed by atoms with Crippen molar-refractivity contribution in [1.82, 2.24) is 0 Å². The van der Waals surface area contributed by atoms with Gasteiger partial charge in [-0.1, -0.05) is 17.7 Å². The molecule has 2 aromatic carbocycles. The molecule has 0 atom stereocenters. The van der Waals surface area contributed by atoms with Crippen molar-refractivity contribution in [2.24, 2.45) is 0 Å². The van der Waals surface area contributed by atoms with Crippen molar-refractivity contribution in [2.45, 2.75) is 18.7 Å². The first kappa shape index (κ1) is 17.1. The molecule has 0 saturated heterocycles. The molecule has 0 aliphatic heterocycles. The van der Waals surface area contributed by atoms with Crippen LogP contribution in [0.4, 0.5) is 5.69 Å². The molecule has 5 nitrogen and oxygen atoms in total. The van der Waals surface area contributed by atoms with Gasteiger partial charge in [-0.05, 0) is 37.6 Å². The number of hydrogen-bond donors (Lipinski definition) is 0. The quantitative estimate of drug-likeness (QED) is 0.842. The van der Waals surface area contributed by atoms with Crippen molar-refractivity contribution in [3.63, 3.8) is 0 Å². The first-order valence-electron chi connectivity index (χ1n) is 7.09. The van der Waals surface area contributed by atoms with Crippen molar-refractivity contribution >= 4 is 15.7 Å². The second kappa shape index (κ2) is 6.50. The van der Waals surface area contributed by atoms with E-state index in [0.29, 0.717) is 22.1 Å². The molecule has 0 heterocycles. The van der Waals surface area contributed by atoms with E-state index in [4.69, 9.17) is 9.47 Å². The second-order valence-electron chi connectivity index (χ2n) is 5.28. The van der Waals surface area contributed by atoms with Crippen molar-refractivity contribution in [2.75, 3.05) is 25.6 Å². The predicted octanol–water partition coefficient (Wildman–Crippen LogP) is 3.15. The summed E-state index contributed by atoms with van der Waals surface area (Å²) in [7, 11) is 0.926. The summed E-state index contributed by atoms with van der Waals surface area (Å²) >= 11 is 0. The van der Waals surface area contributed by atoms with Gasteiger partial charge in [0.1, 0.15) is 0 Å². The molecule has 0 bridgehead atoms. The van der Waals surface area contributed by atoms with Gasteiger partial charge >= 0.3 is 0 Å². The lowest BCUT2D eigenvalue weighted by atomic mass is 10.2. The molecule has 0 unspecified atom stereocenters. The average molecular weight is 335 g/mol. The van der Waals surface area contributed by atoms with Crippen LogP contribution in [0.3, 0.4) is 0 Å². The van der Waals surface area contributed by atoms with Crippen molar-refractivity contribution in [1.29, 1.82) is 0 Å². The summed E-state index contributed by atoms with van der Waals surface area (Å²) in [5.41, 5.74) is 2.25. The number of methoxy groups -OCH3 is 2. The minimum absolute atomic E-state index is 0.292. The summed E-state index contributed by atoms with van der Waals surface area (Å²) in [6.45, 7) is 3.73. The number of sulfonamides is 1. The average Bonchev–Trinajstić information content (AvgIpc) is 2.53. The molecule has 0 amide bonds. The van der Waals surface area contributed by atoms with Gasteiger partial charge in [0, 0.05) is 13.1 Å². The Morgan fingerprint density at radius 2 is 1.57 bits per heavy atom. The van der Waals surface area contributed by atoms with Crippen LogP contribution in [0.5, 0.6) is 11.5 Å². The number of nitrogens with zero attached hydrogens (tertiary/aromatic N) is 1. The molecule has 0 fully saturated rings. The van der Waals surface area contributed by atoms with Gasteiger partial charge < -0.3 is 9.47 Å². The Kier molecular flexibility index (Phi) is 4.85. The largest absolute Gasteiger partial charge is 0.493 e. The van der Waals surface area contributed by atoms with E-state index in [9.17, 15) is 8.42 Å². The Morgan fingerprint density at radius 3 is 2.13 bits per heavy atom. The summed E-state index contributed by atoms with van der Waals surface area (Å²) in [4.78, 5) is 0.292. The van der Waals surface area contributed by atoms with Crippen LogP contribution in [0.25, 0.3) is 0 Å². The topological polar surface area (TPSA) is 55.8 Å². The van der Waals surface area contributed by atoms with E-state index in [2.05, 4.69) is 0 Å². The molecule has 6 heteroatoms. The minimum atomic E-state index is -3.65. The SMILES string of the molecule is COc1ccc(N(C)S(=O)(=O)c2ccc(C)cc2C)cc1OC. The number of benzene rings is 2. The molecule has 0 saturated carbocycles. The number of aryl methyl sites for hydroxylation is 2. The smallest absolute Gasteiger partial charge is 0.264 e. The van der Waals surface area contributed by atoms with Gasteiger partial charge in [-0.25, -0.2) is 8.42 Å². The van der Waals surface area contributed by atoms with E-state index < -0.39 is 10.0 Å². The highest BCUT2D eigenvalue weighted by molar-refractivity contribution is 7.92. The highest BCUT2D eigenvalue weighted by atomic mass is 32.2. The Morgan fingerprint density at radius 1 is 0.913 bits per heavy atom. The van der Waals surface area contributed by atoms with Crippen LogP contribution in [-0.4, -0.2) is 29.7 Å². The lowest BCUT2D eigenvalue weighted by molar-refractivity contribution is 0.355. The van der Waals surface area contributed by atoms with Crippen LogP contribution in [-0.2, 0) is 10.0 Å². The second-order valence-corrected chi connectivity index (χ2v) is 7.22. The van der Waals surface area contributed by atoms with Crippen LogP contribution in [0.2, 0.25) is 0 Å². The van der Waals surface area contributed by atoms with Gasteiger partial charge in [0.2, 0.25) is 0 Å². The summed E-state index contributed by atoms with van der Waals surface area (Å²) in [6.07, 6.45) is 0. The maximum Gasteiger partial charge on any atom is 0.264 e. The Balaban J connectivity index is 2.48. The first-order valence-corrected chi connectivity index (χ1v) is 8.53. The third-order valence-electron chi connectivity index (χ3n) is 3.70. The summed E-state index contributed by atoms with van der Waals surface area (Å²) in [5.74, 6) is 1.03. The highest BCUT2D eigenvalue weighted by Crippen LogP contribution is 2.33. The molecule has 0 radical (unpaired) electrons. The van der Waals surface area contributed by atoms with E-state index >= 15 is 0 Å². The van der Waals surface area contributed by atoms with Crippen LogP contribution >= 0.6 is 0 Å². The Bertz CT molecular complexity index is 815. The zero-order valence-electron chi connectivity index (χ0n) is 14.0. The maximum atomic E-state index is 12.9. The lowest BCUT2D eigenvalue weighted by Crippen LogP contribution is -2.27. The van der Waals surface area contributed by atoms with Crippen molar-refractivity contribution in [3.8, 4) is 11.5 Å². The molecule has 0 aromatic heterocycles. The van der Waals surface area contributed by atoms with E-state index in [-0.39, 0.29) is 0 Å². The summed E-state index contributed by atoms with van der Waals surface area (Å²) in [5, 5.41) is 0. The molecule has 0 aliphatic carbocycles. The number of rotatable bonds is 5. The van der Waals surface area contributed by atoms with Crippen molar-refractivity contribution < 1.29 is 17.9 Å². The molecule has 23 heavy (non-hydrogen) atoms.